The van der Waals surface area contributed by atoms with Crippen LogP contribution in [-0.4, -0.2) is 18.8 Å². The highest BCUT2D eigenvalue weighted by molar-refractivity contribution is 8.00. The molecule has 0 saturated heterocycles. The van der Waals surface area contributed by atoms with Crippen LogP contribution in [0.4, 0.5) is 0 Å². The molecule has 0 bridgehead atoms. The van der Waals surface area contributed by atoms with Crippen molar-refractivity contribution in [3.05, 3.63) is 24.8 Å². The fraction of sp³-hybridized carbons (Fsp3) is 0.364. The minimum Gasteiger partial charge on any atom is -0.374 e. The molecular weight excluding hydrogens is 244 g/mol. The van der Waals surface area contributed by atoms with Gasteiger partial charge in [-0.05, 0) is 30.9 Å². The lowest BCUT2D eigenvalue weighted by atomic mass is 10.2. The zero-order valence-corrected chi connectivity index (χ0v) is 11.7. The smallest absolute Gasteiger partial charge is 0.0739 e. The average Bonchev–Trinajstić information content (AvgIpc) is 2.29. The van der Waals surface area contributed by atoms with Gasteiger partial charge < -0.3 is 4.74 Å². The van der Waals surface area contributed by atoms with Crippen LogP contribution in [-0.2, 0) is 11.3 Å². The predicted molar refractivity (Wildman–Crippen MR) is 71.9 cm³/mol. The van der Waals surface area contributed by atoms with Crippen LogP contribution in [0.2, 0.25) is 0 Å². The van der Waals surface area contributed by atoms with Crippen molar-refractivity contribution in [1.82, 2.24) is 0 Å². The number of hydrogen-bond donors (Lipinski definition) is 0. The lowest BCUT2D eigenvalue weighted by Crippen LogP contribution is -1.93. The Hall–Kier alpha value is 0.230. The lowest BCUT2D eigenvalue weighted by molar-refractivity contribution is 0.224. The van der Waals surface area contributed by atoms with Crippen LogP contribution in [0.5, 0.6) is 0 Å². The van der Waals surface area contributed by atoms with E-state index in [1.165, 1.54) is 20.2 Å². The molecule has 0 atom stereocenters. The van der Waals surface area contributed by atoms with Gasteiger partial charge in [-0.2, -0.15) is 0 Å². The normalized spacial score (nSPS) is 10.7. The standard InChI is InChI=1S/C11H15OS3/c1-12-7-9-10(14-3)5-8(13-2)6-11(9)15-4/h5-6H,1,7H2,2-4H3. The molecule has 1 radical (unpaired) electrons. The average molecular weight is 259 g/mol. The SMILES string of the molecule is [CH2]OCc1c(SC)cc(SC)cc1SC. The molecule has 15 heavy (non-hydrogen) atoms. The van der Waals surface area contributed by atoms with Gasteiger partial charge in [-0.1, -0.05) is 0 Å². The molecule has 1 aromatic carbocycles. The molecule has 0 spiro atoms. The van der Waals surface area contributed by atoms with E-state index in [-0.39, 0.29) is 0 Å². The zero-order valence-electron chi connectivity index (χ0n) is 9.20. The Balaban J connectivity index is 3.19. The van der Waals surface area contributed by atoms with E-state index in [9.17, 15) is 0 Å². The molecule has 0 saturated carbocycles. The highest BCUT2D eigenvalue weighted by Crippen LogP contribution is 2.34. The van der Waals surface area contributed by atoms with Gasteiger partial charge in [-0.3, -0.25) is 0 Å². The van der Waals surface area contributed by atoms with Crippen LogP contribution in [0.1, 0.15) is 5.56 Å². The summed E-state index contributed by atoms with van der Waals surface area (Å²) in [6.07, 6.45) is 6.29. The molecule has 1 nitrogen and oxygen atoms in total. The van der Waals surface area contributed by atoms with Gasteiger partial charge >= 0.3 is 0 Å². The summed E-state index contributed by atoms with van der Waals surface area (Å²) < 4.78 is 5.00. The summed E-state index contributed by atoms with van der Waals surface area (Å²) in [5, 5.41) is 0. The molecule has 0 aliphatic heterocycles. The summed E-state index contributed by atoms with van der Waals surface area (Å²) in [6, 6.07) is 4.42. The highest BCUT2D eigenvalue weighted by atomic mass is 32.2. The minimum absolute atomic E-state index is 0.584. The van der Waals surface area contributed by atoms with E-state index in [0.717, 1.165) is 0 Å². The van der Waals surface area contributed by atoms with Gasteiger partial charge in [0.1, 0.15) is 0 Å². The molecular formula is C11H15OS3. The first-order valence-corrected chi connectivity index (χ1v) is 8.10. The zero-order chi connectivity index (χ0) is 11.3. The molecule has 0 amide bonds. The Labute approximate surface area is 105 Å². The third kappa shape index (κ3) is 3.34. The van der Waals surface area contributed by atoms with Gasteiger partial charge in [0.05, 0.1) is 13.7 Å². The second kappa shape index (κ2) is 6.74. The van der Waals surface area contributed by atoms with E-state index < -0.39 is 0 Å². The van der Waals surface area contributed by atoms with Crippen molar-refractivity contribution in [2.24, 2.45) is 0 Å². The Morgan fingerprint density at radius 3 is 1.93 bits per heavy atom. The van der Waals surface area contributed by atoms with Crippen molar-refractivity contribution < 1.29 is 4.74 Å². The summed E-state index contributed by atoms with van der Waals surface area (Å²) in [5.74, 6) is 0. The fourth-order valence-electron chi connectivity index (χ4n) is 1.32. The summed E-state index contributed by atoms with van der Waals surface area (Å²) in [6.45, 7) is 0.584. The number of thioether (sulfide) groups is 3. The third-order valence-corrected chi connectivity index (χ3v) is 4.38. The van der Waals surface area contributed by atoms with E-state index in [1.807, 2.05) is 0 Å². The van der Waals surface area contributed by atoms with E-state index in [0.29, 0.717) is 6.61 Å². The number of benzene rings is 1. The molecule has 0 N–H and O–H groups in total. The third-order valence-electron chi connectivity index (χ3n) is 2.06. The summed E-state index contributed by atoms with van der Waals surface area (Å²) in [5.41, 5.74) is 1.25. The molecule has 0 unspecified atom stereocenters. The molecule has 1 aromatic rings. The second-order valence-electron chi connectivity index (χ2n) is 2.86. The first-order chi connectivity index (χ1) is 7.26. The van der Waals surface area contributed by atoms with Crippen molar-refractivity contribution in [3.8, 4) is 0 Å². The largest absolute Gasteiger partial charge is 0.374 e. The van der Waals surface area contributed by atoms with Gasteiger partial charge in [0, 0.05) is 20.2 Å². The topological polar surface area (TPSA) is 9.23 Å². The Kier molecular flexibility index (Phi) is 5.97. The molecule has 0 aliphatic rings. The van der Waals surface area contributed by atoms with Crippen molar-refractivity contribution in [3.63, 3.8) is 0 Å². The lowest BCUT2D eigenvalue weighted by Gasteiger charge is -2.13. The molecule has 4 heteroatoms. The molecule has 1 rings (SSSR count). The van der Waals surface area contributed by atoms with E-state index in [1.54, 1.807) is 35.3 Å². The highest BCUT2D eigenvalue weighted by Gasteiger charge is 2.09. The number of rotatable bonds is 5. The van der Waals surface area contributed by atoms with Crippen LogP contribution >= 0.6 is 35.3 Å². The van der Waals surface area contributed by atoms with Crippen LogP contribution in [0, 0.1) is 7.11 Å². The maximum absolute atomic E-state index is 5.00. The van der Waals surface area contributed by atoms with Crippen LogP contribution in [0.3, 0.4) is 0 Å². The van der Waals surface area contributed by atoms with Crippen molar-refractivity contribution in [2.75, 3.05) is 18.8 Å². The van der Waals surface area contributed by atoms with Crippen molar-refractivity contribution >= 4 is 35.3 Å². The maximum Gasteiger partial charge on any atom is 0.0739 e. The van der Waals surface area contributed by atoms with Crippen molar-refractivity contribution in [1.29, 1.82) is 0 Å². The van der Waals surface area contributed by atoms with Crippen LogP contribution < -0.4 is 0 Å². The number of hydrogen-bond acceptors (Lipinski definition) is 4. The van der Waals surface area contributed by atoms with Crippen LogP contribution in [0.15, 0.2) is 26.8 Å². The Morgan fingerprint density at radius 1 is 1.07 bits per heavy atom. The minimum atomic E-state index is 0.584. The van der Waals surface area contributed by atoms with Gasteiger partial charge in [0.2, 0.25) is 0 Å². The Bertz CT molecular complexity index is 301. The number of ether oxygens (including phenoxy) is 1. The monoisotopic (exact) mass is 259 g/mol. The van der Waals surface area contributed by atoms with Gasteiger partial charge in [0.15, 0.2) is 0 Å². The molecule has 0 aromatic heterocycles. The summed E-state index contributed by atoms with van der Waals surface area (Å²) in [4.78, 5) is 3.88. The first kappa shape index (κ1) is 13.3. The summed E-state index contributed by atoms with van der Waals surface area (Å²) >= 11 is 5.29. The molecule has 0 aliphatic carbocycles. The van der Waals surface area contributed by atoms with Gasteiger partial charge in [-0.25, -0.2) is 0 Å². The molecule has 0 heterocycles. The van der Waals surface area contributed by atoms with E-state index in [2.05, 4.69) is 38.0 Å². The van der Waals surface area contributed by atoms with E-state index in [4.69, 9.17) is 4.74 Å². The summed E-state index contributed by atoms with van der Waals surface area (Å²) in [7, 11) is 3.45. The van der Waals surface area contributed by atoms with E-state index >= 15 is 0 Å². The van der Waals surface area contributed by atoms with Crippen molar-refractivity contribution in [2.45, 2.75) is 21.3 Å². The predicted octanol–water partition coefficient (Wildman–Crippen LogP) is 4.16. The first-order valence-electron chi connectivity index (χ1n) is 4.42. The van der Waals surface area contributed by atoms with Gasteiger partial charge in [0.25, 0.3) is 0 Å². The quantitative estimate of drug-likeness (QED) is 0.734. The molecule has 0 fully saturated rings. The second-order valence-corrected chi connectivity index (χ2v) is 5.43. The maximum atomic E-state index is 5.00. The Morgan fingerprint density at radius 2 is 1.60 bits per heavy atom. The fourth-order valence-corrected chi connectivity index (χ4v) is 3.33. The van der Waals surface area contributed by atoms with Crippen LogP contribution in [0.25, 0.3) is 0 Å². The van der Waals surface area contributed by atoms with Gasteiger partial charge in [-0.15, -0.1) is 35.3 Å². The molecule has 83 valence electrons.